The number of halogens is 1. The van der Waals surface area contributed by atoms with E-state index in [-0.39, 0.29) is 10.6 Å². The van der Waals surface area contributed by atoms with Crippen LogP contribution >= 0.6 is 11.6 Å². The van der Waals surface area contributed by atoms with Gasteiger partial charge in [0.2, 0.25) is 10.0 Å². The summed E-state index contributed by atoms with van der Waals surface area (Å²) in [5, 5.41) is 0.445. The molecule has 0 aromatic heterocycles. The second-order valence-corrected chi connectivity index (χ2v) is 8.80. The van der Waals surface area contributed by atoms with Crippen LogP contribution in [0.3, 0.4) is 0 Å². The Morgan fingerprint density at radius 2 is 1.65 bits per heavy atom. The topological polar surface area (TPSA) is 49.9 Å². The SMILES string of the molecule is COc1cc(Cl)ccc1S(=O)(=O)N1CCN(c2ccc(C)c(C)c2)CC1. The summed E-state index contributed by atoms with van der Waals surface area (Å²) in [6.45, 7) is 6.34. The number of aryl methyl sites for hydroxylation is 2. The van der Waals surface area contributed by atoms with Crippen molar-refractivity contribution in [3.63, 3.8) is 0 Å². The smallest absolute Gasteiger partial charge is 0.246 e. The molecule has 0 N–H and O–H groups in total. The van der Waals surface area contributed by atoms with Crippen LogP contribution < -0.4 is 9.64 Å². The summed E-state index contributed by atoms with van der Waals surface area (Å²) in [6, 6.07) is 11.0. The average molecular weight is 395 g/mol. The van der Waals surface area contributed by atoms with Gasteiger partial charge in [0.1, 0.15) is 10.6 Å². The second kappa shape index (κ2) is 7.47. The van der Waals surface area contributed by atoms with Gasteiger partial charge in [0.25, 0.3) is 0 Å². The Morgan fingerprint density at radius 1 is 0.962 bits per heavy atom. The van der Waals surface area contributed by atoms with Gasteiger partial charge < -0.3 is 9.64 Å². The average Bonchev–Trinajstić information content (AvgIpc) is 2.63. The van der Waals surface area contributed by atoms with Crippen LogP contribution in [0.15, 0.2) is 41.3 Å². The summed E-state index contributed by atoms with van der Waals surface area (Å²) in [4.78, 5) is 2.38. The number of hydrogen-bond acceptors (Lipinski definition) is 4. The van der Waals surface area contributed by atoms with E-state index >= 15 is 0 Å². The minimum atomic E-state index is -3.62. The Bertz CT molecular complexity index is 907. The van der Waals surface area contributed by atoms with Crippen LogP contribution in [0.1, 0.15) is 11.1 Å². The lowest BCUT2D eigenvalue weighted by Crippen LogP contribution is -2.48. The van der Waals surface area contributed by atoms with Gasteiger partial charge in [-0.25, -0.2) is 8.42 Å². The van der Waals surface area contributed by atoms with Gasteiger partial charge in [-0.1, -0.05) is 17.7 Å². The Labute approximate surface area is 160 Å². The predicted octanol–water partition coefficient (Wildman–Crippen LogP) is 3.48. The summed E-state index contributed by atoms with van der Waals surface area (Å²) in [5.74, 6) is 0.272. The quantitative estimate of drug-likeness (QED) is 0.796. The number of nitrogens with zero attached hydrogens (tertiary/aromatic N) is 2. The van der Waals surface area contributed by atoms with Gasteiger partial charge in [0.15, 0.2) is 0 Å². The maximum atomic E-state index is 13.0. The van der Waals surface area contributed by atoms with Crippen molar-refractivity contribution in [2.75, 3.05) is 38.2 Å². The van der Waals surface area contributed by atoms with Crippen LogP contribution in [-0.4, -0.2) is 46.0 Å². The Balaban J connectivity index is 1.77. The van der Waals surface area contributed by atoms with Crippen molar-refractivity contribution in [2.24, 2.45) is 0 Å². The lowest BCUT2D eigenvalue weighted by atomic mass is 10.1. The highest BCUT2D eigenvalue weighted by atomic mass is 35.5. The zero-order valence-electron chi connectivity index (χ0n) is 15.2. The molecule has 0 atom stereocenters. The van der Waals surface area contributed by atoms with E-state index in [0.29, 0.717) is 31.2 Å². The van der Waals surface area contributed by atoms with Gasteiger partial charge in [0.05, 0.1) is 7.11 Å². The molecule has 5 nitrogen and oxygen atoms in total. The van der Waals surface area contributed by atoms with Crippen molar-refractivity contribution >= 4 is 27.3 Å². The largest absolute Gasteiger partial charge is 0.495 e. The fourth-order valence-corrected chi connectivity index (χ4v) is 4.82. The van der Waals surface area contributed by atoms with Crippen LogP contribution in [-0.2, 0) is 10.0 Å². The molecule has 3 rings (SSSR count). The summed E-state index contributed by atoms with van der Waals surface area (Å²) in [5.41, 5.74) is 3.63. The van der Waals surface area contributed by atoms with E-state index in [4.69, 9.17) is 16.3 Å². The zero-order valence-corrected chi connectivity index (χ0v) is 16.8. The molecule has 7 heteroatoms. The van der Waals surface area contributed by atoms with Crippen LogP contribution in [0.4, 0.5) is 5.69 Å². The van der Waals surface area contributed by atoms with Crippen LogP contribution in [0, 0.1) is 13.8 Å². The third-order valence-electron chi connectivity index (χ3n) is 4.84. The van der Waals surface area contributed by atoms with Gasteiger partial charge >= 0.3 is 0 Å². The molecule has 1 fully saturated rings. The predicted molar refractivity (Wildman–Crippen MR) is 105 cm³/mol. The highest BCUT2D eigenvalue weighted by Gasteiger charge is 2.31. The summed E-state index contributed by atoms with van der Waals surface area (Å²) in [6.07, 6.45) is 0. The van der Waals surface area contributed by atoms with Crippen molar-refractivity contribution < 1.29 is 13.2 Å². The summed E-state index contributed by atoms with van der Waals surface area (Å²) < 4.78 is 32.7. The molecule has 0 saturated carbocycles. The minimum Gasteiger partial charge on any atom is -0.495 e. The van der Waals surface area contributed by atoms with Crippen LogP contribution in [0.25, 0.3) is 0 Å². The zero-order chi connectivity index (χ0) is 18.9. The van der Waals surface area contributed by atoms with E-state index in [2.05, 4.69) is 36.9 Å². The standard InChI is InChI=1S/C19H23ClN2O3S/c1-14-4-6-17(12-15(14)2)21-8-10-22(11-9-21)26(23,24)19-7-5-16(20)13-18(19)25-3/h4-7,12-13H,8-11H2,1-3H3. The molecular formula is C19H23ClN2O3S. The summed E-state index contributed by atoms with van der Waals surface area (Å²) in [7, 11) is -2.17. The van der Waals surface area contributed by atoms with E-state index in [1.807, 2.05) is 0 Å². The molecule has 0 spiro atoms. The van der Waals surface area contributed by atoms with E-state index < -0.39 is 10.0 Å². The van der Waals surface area contributed by atoms with E-state index in [1.165, 1.54) is 34.7 Å². The molecule has 0 radical (unpaired) electrons. The first-order chi connectivity index (χ1) is 12.3. The number of benzene rings is 2. The molecule has 0 unspecified atom stereocenters. The highest BCUT2D eigenvalue weighted by Crippen LogP contribution is 2.30. The lowest BCUT2D eigenvalue weighted by Gasteiger charge is -2.35. The Kier molecular flexibility index (Phi) is 5.46. The van der Waals surface area contributed by atoms with E-state index in [9.17, 15) is 8.42 Å². The number of sulfonamides is 1. The lowest BCUT2D eigenvalue weighted by molar-refractivity contribution is 0.374. The molecule has 1 heterocycles. The van der Waals surface area contributed by atoms with Gasteiger partial charge in [-0.2, -0.15) is 4.31 Å². The van der Waals surface area contributed by atoms with Crippen molar-refractivity contribution in [1.29, 1.82) is 0 Å². The summed E-state index contributed by atoms with van der Waals surface area (Å²) >= 11 is 5.95. The molecule has 1 aliphatic rings. The van der Waals surface area contributed by atoms with Gasteiger partial charge in [0, 0.05) is 43.0 Å². The first kappa shape index (κ1) is 19.0. The molecular weight excluding hydrogens is 372 g/mol. The van der Waals surface area contributed by atoms with Crippen molar-refractivity contribution in [3.8, 4) is 5.75 Å². The highest BCUT2D eigenvalue weighted by molar-refractivity contribution is 7.89. The minimum absolute atomic E-state index is 0.157. The second-order valence-electron chi connectivity index (χ2n) is 6.45. The van der Waals surface area contributed by atoms with Gasteiger partial charge in [-0.05, 0) is 49.2 Å². The maximum Gasteiger partial charge on any atom is 0.246 e. The third kappa shape index (κ3) is 3.68. The molecule has 2 aromatic carbocycles. The molecule has 140 valence electrons. The maximum absolute atomic E-state index is 13.0. The van der Waals surface area contributed by atoms with Crippen molar-refractivity contribution in [2.45, 2.75) is 18.7 Å². The van der Waals surface area contributed by atoms with E-state index in [1.54, 1.807) is 6.07 Å². The number of ether oxygens (including phenoxy) is 1. The van der Waals surface area contributed by atoms with Gasteiger partial charge in [-0.15, -0.1) is 0 Å². The van der Waals surface area contributed by atoms with Crippen molar-refractivity contribution in [3.05, 3.63) is 52.5 Å². The number of methoxy groups -OCH3 is 1. The first-order valence-corrected chi connectivity index (χ1v) is 10.3. The van der Waals surface area contributed by atoms with Crippen LogP contribution in [0.5, 0.6) is 5.75 Å². The molecule has 1 saturated heterocycles. The Morgan fingerprint density at radius 3 is 2.27 bits per heavy atom. The number of hydrogen-bond donors (Lipinski definition) is 0. The Hall–Kier alpha value is -1.76. The molecule has 0 amide bonds. The number of piperazine rings is 1. The van der Waals surface area contributed by atoms with Gasteiger partial charge in [-0.3, -0.25) is 0 Å². The normalized spacial score (nSPS) is 15.9. The molecule has 2 aromatic rings. The molecule has 26 heavy (non-hydrogen) atoms. The molecule has 1 aliphatic heterocycles. The first-order valence-electron chi connectivity index (χ1n) is 8.49. The fourth-order valence-electron chi connectivity index (χ4n) is 3.10. The number of rotatable bonds is 4. The van der Waals surface area contributed by atoms with Crippen molar-refractivity contribution in [1.82, 2.24) is 4.31 Å². The number of anilines is 1. The van der Waals surface area contributed by atoms with E-state index in [0.717, 1.165) is 5.69 Å². The fraction of sp³-hybridized carbons (Fsp3) is 0.368. The van der Waals surface area contributed by atoms with Crippen LogP contribution in [0.2, 0.25) is 5.02 Å². The monoisotopic (exact) mass is 394 g/mol. The third-order valence-corrected chi connectivity index (χ3v) is 7.01. The molecule has 0 bridgehead atoms. The molecule has 0 aliphatic carbocycles.